The van der Waals surface area contributed by atoms with Gasteiger partial charge in [0.05, 0.1) is 0 Å². The van der Waals surface area contributed by atoms with Gasteiger partial charge in [0.25, 0.3) is 0 Å². The molecule has 0 bridgehead atoms. The van der Waals surface area contributed by atoms with Crippen LogP contribution in [-0.4, -0.2) is 0 Å². The van der Waals surface area contributed by atoms with Crippen LogP contribution >= 0.6 is 22.6 Å². The average Bonchev–Trinajstić information content (AvgIpc) is 1.89. The minimum Gasteiger partial charge on any atom is -0.0785 e. The van der Waals surface area contributed by atoms with Crippen molar-refractivity contribution in [3.05, 3.63) is 10.2 Å². The van der Waals surface area contributed by atoms with E-state index in [2.05, 4.69) is 39.7 Å². The van der Waals surface area contributed by atoms with Gasteiger partial charge in [0, 0.05) is 19.5 Å². The van der Waals surface area contributed by atoms with Crippen molar-refractivity contribution in [3.63, 3.8) is 0 Å². The van der Waals surface area contributed by atoms with Gasteiger partial charge in [-0.1, -0.05) is 54.9 Å². The van der Waals surface area contributed by atoms with Crippen LogP contribution < -0.4 is 0 Å². The normalized spacial score (nSPS) is 9.80. The molecule has 0 saturated heterocycles. The quantitative estimate of drug-likeness (QED) is 0.410. The van der Waals surface area contributed by atoms with Crippen molar-refractivity contribution in [2.24, 2.45) is 0 Å². The molecule has 0 rings (SSSR count). The third-order valence-corrected chi connectivity index (χ3v) is 1.82. The van der Waals surface area contributed by atoms with Gasteiger partial charge in [-0.2, -0.15) is 0 Å². The minimum atomic E-state index is 0. The Morgan fingerprint density at radius 1 is 1.20 bits per heavy atom. The summed E-state index contributed by atoms with van der Waals surface area (Å²) in [7, 11) is 0. The predicted molar refractivity (Wildman–Crippen MR) is 51.9 cm³/mol. The number of hydrogen-bond donors (Lipinski definition) is 0. The average molecular weight is 304 g/mol. The van der Waals surface area contributed by atoms with Crippen LogP contribution in [0.1, 0.15) is 39.0 Å². The summed E-state index contributed by atoms with van der Waals surface area (Å²) in [5.74, 6) is 0. The first-order chi connectivity index (χ1) is 4.41. The molecule has 0 spiro atoms. The van der Waals surface area contributed by atoms with Crippen molar-refractivity contribution in [1.82, 2.24) is 0 Å². The fraction of sp³-hybridized carbons (Fsp3) is 0.750. The second-order valence-electron chi connectivity index (χ2n) is 2.21. The topological polar surface area (TPSA) is 0 Å². The fourth-order valence-corrected chi connectivity index (χ4v) is 1.11. The largest absolute Gasteiger partial charge is 0.0785 e. The second kappa shape index (κ2) is 12.7. The molecule has 0 aliphatic heterocycles. The molecule has 0 aliphatic carbocycles. The monoisotopic (exact) mass is 302 g/mol. The van der Waals surface area contributed by atoms with Crippen molar-refractivity contribution in [2.75, 3.05) is 0 Å². The Morgan fingerprint density at radius 3 is 2.40 bits per heavy atom. The van der Waals surface area contributed by atoms with Crippen molar-refractivity contribution < 1.29 is 19.5 Å². The van der Waals surface area contributed by atoms with Crippen molar-refractivity contribution in [2.45, 2.75) is 39.0 Å². The summed E-state index contributed by atoms with van der Waals surface area (Å²) >= 11 is 2.27. The summed E-state index contributed by atoms with van der Waals surface area (Å²) in [4.78, 5) is 0. The summed E-state index contributed by atoms with van der Waals surface area (Å²) in [6.45, 7) is 2.24. The summed E-state index contributed by atoms with van der Waals surface area (Å²) in [5, 5.41) is 0. The summed E-state index contributed by atoms with van der Waals surface area (Å²) in [6.07, 6.45) is 9.01. The molecule has 10 heavy (non-hydrogen) atoms. The number of allylic oxidation sites excluding steroid dienone is 1. The van der Waals surface area contributed by atoms with Crippen molar-refractivity contribution in [3.8, 4) is 0 Å². The first kappa shape index (κ1) is 13.7. The van der Waals surface area contributed by atoms with Crippen LogP contribution in [0.5, 0.6) is 0 Å². The van der Waals surface area contributed by atoms with Crippen LogP contribution in [0.4, 0.5) is 0 Å². The number of unbranched alkanes of at least 4 members (excludes halogenated alkanes) is 4. The summed E-state index contributed by atoms with van der Waals surface area (Å²) in [5.41, 5.74) is 0. The third kappa shape index (κ3) is 11.8. The van der Waals surface area contributed by atoms with Gasteiger partial charge in [-0.05, 0) is 16.9 Å². The van der Waals surface area contributed by atoms with E-state index in [1.807, 2.05) is 0 Å². The van der Waals surface area contributed by atoms with Gasteiger partial charge in [0.2, 0.25) is 0 Å². The van der Waals surface area contributed by atoms with Gasteiger partial charge in [-0.25, -0.2) is 0 Å². The molecule has 0 amide bonds. The first-order valence-corrected chi connectivity index (χ1v) is 4.91. The Morgan fingerprint density at radius 2 is 1.90 bits per heavy atom. The van der Waals surface area contributed by atoms with E-state index in [-0.39, 0.29) is 19.5 Å². The molecule has 0 unspecified atom stereocenters. The molecule has 0 nitrogen and oxygen atoms in total. The van der Waals surface area contributed by atoms with Gasteiger partial charge in [-0.3, -0.25) is 0 Å². The van der Waals surface area contributed by atoms with Gasteiger partial charge >= 0.3 is 0 Å². The minimum absolute atomic E-state index is 0. The van der Waals surface area contributed by atoms with Crippen LogP contribution in [0.25, 0.3) is 0 Å². The summed E-state index contributed by atoms with van der Waals surface area (Å²) in [6, 6.07) is 0. The first-order valence-electron chi connectivity index (χ1n) is 3.67. The van der Waals surface area contributed by atoms with E-state index in [4.69, 9.17) is 0 Å². The van der Waals surface area contributed by atoms with Crippen LogP contribution in [0, 0.1) is 0 Å². The third-order valence-electron chi connectivity index (χ3n) is 1.31. The van der Waals surface area contributed by atoms with Gasteiger partial charge < -0.3 is 0 Å². The van der Waals surface area contributed by atoms with Crippen LogP contribution in [-0.2, 0) is 19.5 Å². The maximum absolute atomic E-state index is 2.27. The molecular weight excluding hydrogens is 288 g/mol. The molecule has 0 aromatic heterocycles. The zero-order valence-corrected chi connectivity index (χ0v) is 11.9. The molecular formula is C8H15IZn. The van der Waals surface area contributed by atoms with Crippen LogP contribution in [0.15, 0.2) is 10.2 Å². The van der Waals surface area contributed by atoms with Gasteiger partial charge in [0.1, 0.15) is 0 Å². The second-order valence-corrected chi connectivity index (χ2v) is 2.93. The van der Waals surface area contributed by atoms with E-state index in [0.29, 0.717) is 0 Å². The standard InChI is InChI=1S/C8H15I.Zn/c1-2-3-4-5-6-7-8-9;/h7-8H,2-6H2,1H3;/b8-7+;. The molecule has 0 N–H and O–H groups in total. The van der Waals surface area contributed by atoms with E-state index in [9.17, 15) is 0 Å². The van der Waals surface area contributed by atoms with Crippen molar-refractivity contribution >= 4 is 22.6 Å². The Bertz CT molecular complexity index is 71.7. The Kier molecular flexibility index (Phi) is 17.4. The van der Waals surface area contributed by atoms with Crippen LogP contribution in [0.3, 0.4) is 0 Å². The smallest absolute Gasteiger partial charge is 0 e. The molecule has 2 heteroatoms. The van der Waals surface area contributed by atoms with Crippen LogP contribution in [0.2, 0.25) is 0 Å². The molecule has 56 valence electrons. The summed E-state index contributed by atoms with van der Waals surface area (Å²) < 4.78 is 2.10. The SMILES string of the molecule is CCCCCC/C=C/I.[Zn]. The number of halogens is 1. The van der Waals surface area contributed by atoms with Gasteiger partial charge in [0.15, 0.2) is 0 Å². The molecule has 0 radical (unpaired) electrons. The zero-order chi connectivity index (χ0) is 6.95. The number of rotatable bonds is 5. The molecule has 0 aromatic rings. The molecule has 0 aromatic carbocycles. The molecule has 0 aliphatic rings. The molecule has 0 fully saturated rings. The Labute approximate surface area is 90.7 Å². The van der Waals surface area contributed by atoms with Crippen molar-refractivity contribution in [1.29, 1.82) is 0 Å². The van der Waals surface area contributed by atoms with Gasteiger partial charge in [-0.15, -0.1) is 0 Å². The van der Waals surface area contributed by atoms with E-state index >= 15 is 0 Å². The fourth-order valence-electron chi connectivity index (χ4n) is 0.752. The van der Waals surface area contributed by atoms with E-state index in [0.717, 1.165) is 0 Å². The maximum Gasteiger partial charge on any atom is 0 e. The van der Waals surface area contributed by atoms with E-state index in [1.165, 1.54) is 32.1 Å². The molecule has 0 heterocycles. The Balaban J connectivity index is 0. The van der Waals surface area contributed by atoms with E-state index < -0.39 is 0 Å². The Hall–Kier alpha value is 1.09. The predicted octanol–water partition coefficient (Wildman–Crippen LogP) is 3.90. The number of hydrogen-bond acceptors (Lipinski definition) is 0. The molecule has 0 saturated carbocycles. The maximum atomic E-state index is 2.27. The van der Waals surface area contributed by atoms with E-state index in [1.54, 1.807) is 0 Å². The molecule has 0 atom stereocenters. The zero-order valence-electron chi connectivity index (χ0n) is 6.78.